The molecular weight excluding hydrogens is 140 g/mol. The van der Waals surface area contributed by atoms with E-state index in [0.29, 0.717) is 0 Å². The quantitative estimate of drug-likeness (QED) is 0.626. The molecule has 0 radical (unpaired) electrons. The first-order valence-electron chi connectivity index (χ1n) is 4.04. The van der Waals surface area contributed by atoms with Crippen LogP contribution >= 0.6 is 0 Å². The van der Waals surface area contributed by atoms with Crippen molar-refractivity contribution in [2.45, 2.75) is 19.3 Å². The van der Waals surface area contributed by atoms with E-state index < -0.39 is 0 Å². The fourth-order valence-electron chi connectivity index (χ4n) is 0.955. The van der Waals surface area contributed by atoms with Crippen molar-refractivity contribution < 1.29 is 9.84 Å². The van der Waals surface area contributed by atoms with Crippen LogP contribution in [0.1, 0.15) is 19.3 Å². The van der Waals surface area contributed by atoms with Gasteiger partial charge in [0, 0.05) is 6.61 Å². The zero-order valence-electron chi connectivity index (χ0n) is 6.62. The van der Waals surface area contributed by atoms with E-state index >= 15 is 0 Å². The van der Waals surface area contributed by atoms with Gasteiger partial charge in [0.1, 0.15) is 5.76 Å². The van der Waals surface area contributed by atoms with Crippen molar-refractivity contribution in [3.63, 3.8) is 0 Å². The molecule has 0 unspecified atom stereocenters. The summed E-state index contributed by atoms with van der Waals surface area (Å²) in [6.45, 7) is 1.05. The second-order valence-electron chi connectivity index (χ2n) is 2.51. The maximum absolute atomic E-state index is 8.51. The monoisotopic (exact) mass is 154 g/mol. The molecule has 0 bridgehead atoms. The van der Waals surface area contributed by atoms with E-state index in [1.54, 1.807) is 0 Å². The molecule has 0 aromatic heterocycles. The first kappa shape index (κ1) is 8.34. The van der Waals surface area contributed by atoms with Gasteiger partial charge in [0.05, 0.1) is 6.61 Å². The highest BCUT2D eigenvalue weighted by Crippen LogP contribution is 2.09. The minimum atomic E-state index is 0.257. The Morgan fingerprint density at radius 3 is 3.18 bits per heavy atom. The number of rotatable bonds is 3. The molecule has 0 saturated heterocycles. The second kappa shape index (κ2) is 4.97. The highest BCUT2D eigenvalue weighted by Gasteiger charge is 1.96. The van der Waals surface area contributed by atoms with Gasteiger partial charge in [0.2, 0.25) is 0 Å². The predicted octanol–water partition coefficient (Wildman–Crippen LogP) is 1.62. The van der Waals surface area contributed by atoms with Crippen LogP contribution in [0.3, 0.4) is 0 Å². The summed E-state index contributed by atoms with van der Waals surface area (Å²) in [6.07, 6.45) is 8.84. The lowest BCUT2D eigenvalue weighted by Crippen LogP contribution is -1.97. The van der Waals surface area contributed by atoms with Crippen molar-refractivity contribution in [1.29, 1.82) is 0 Å². The van der Waals surface area contributed by atoms with Crippen molar-refractivity contribution in [1.82, 2.24) is 0 Å². The Balaban J connectivity index is 2.26. The third kappa shape index (κ3) is 3.23. The van der Waals surface area contributed by atoms with Crippen LogP contribution < -0.4 is 0 Å². The summed E-state index contributed by atoms with van der Waals surface area (Å²) in [4.78, 5) is 0. The number of aliphatic hydroxyl groups excluding tert-OH is 1. The molecule has 2 heteroatoms. The number of hydrogen-bond acceptors (Lipinski definition) is 2. The molecule has 0 aromatic rings. The van der Waals surface area contributed by atoms with Gasteiger partial charge in [0.15, 0.2) is 0 Å². The predicted molar refractivity (Wildman–Crippen MR) is 44.1 cm³/mol. The van der Waals surface area contributed by atoms with Gasteiger partial charge < -0.3 is 9.84 Å². The van der Waals surface area contributed by atoms with Crippen molar-refractivity contribution >= 4 is 0 Å². The summed E-state index contributed by atoms with van der Waals surface area (Å²) in [5.41, 5.74) is 0. The molecule has 1 N–H and O–H groups in total. The molecule has 1 heterocycles. The van der Waals surface area contributed by atoms with Gasteiger partial charge in [-0.2, -0.15) is 0 Å². The molecule has 2 nitrogen and oxygen atoms in total. The average Bonchev–Trinajstić information content (AvgIpc) is 2.07. The summed E-state index contributed by atoms with van der Waals surface area (Å²) in [6, 6.07) is 0. The summed E-state index contributed by atoms with van der Waals surface area (Å²) >= 11 is 0. The molecule has 0 amide bonds. The van der Waals surface area contributed by atoms with Crippen LogP contribution in [0.25, 0.3) is 0 Å². The minimum absolute atomic E-state index is 0.257. The van der Waals surface area contributed by atoms with Crippen molar-refractivity contribution in [2.75, 3.05) is 13.2 Å². The number of ether oxygens (including phenoxy) is 1. The second-order valence-corrected chi connectivity index (χ2v) is 2.51. The summed E-state index contributed by atoms with van der Waals surface area (Å²) in [7, 11) is 0. The van der Waals surface area contributed by atoms with Crippen molar-refractivity contribution in [3.8, 4) is 0 Å². The van der Waals surface area contributed by atoms with Gasteiger partial charge in [-0.25, -0.2) is 0 Å². The Bertz CT molecular complexity index is 159. The normalized spacial score (nSPS) is 20.3. The maximum Gasteiger partial charge on any atom is 0.115 e. The Morgan fingerprint density at radius 2 is 2.55 bits per heavy atom. The molecule has 0 spiro atoms. The molecule has 0 fully saturated rings. The minimum Gasteiger partial charge on any atom is -0.494 e. The Labute approximate surface area is 67.2 Å². The van der Waals surface area contributed by atoms with Crippen LogP contribution in [-0.4, -0.2) is 18.3 Å². The molecule has 0 atom stereocenters. The third-order valence-corrected chi connectivity index (χ3v) is 1.54. The molecule has 1 aliphatic rings. The Kier molecular flexibility index (Phi) is 3.76. The van der Waals surface area contributed by atoms with E-state index in [-0.39, 0.29) is 6.61 Å². The SMILES string of the molecule is OCCC/C=C1\C=CCCO1. The van der Waals surface area contributed by atoms with Crippen LogP contribution in [-0.2, 0) is 4.74 Å². The van der Waals surface area contributed by atoms with E-state index in [1.165, 1.54) is 0 Å². The lowest BCUT2D eigenvalue weighted by atomic mass is 10.2. The smallest absolute Gasteiger partial charge is 0.115 e. The van der Waals surface area contributed by atoms with Gasteiger partial charge in [0.25, 0.3) is 0 Å². The number of aliphatic hydroxyl groups is 1. The average molecular weight is 154 g/mol. The fourth-order valence-corrected chi connectivity index (χ4v) is 0.955. The number of allylic oxidation sites excluding steroid dienone is 2. The van der Waals surface area contributed by atoms with E-state index in [9.17, 15) is 0 Å². The summed E-state index contributed by atoms with van der Waals surface area (Å²) in [5.74, 6) is 0.949. The highest BCUT2D eigenvalue weighted by molar-refractivity contribution is 5.13. The Hall–Kier alpha value is -0.760. The van der Waals surface area contributed by atoms with E-state index in [2.05, 4.69) is 6.08 Å². The molecule has 0 aromatic carbocycles. The van der Waals surface area contributed by atoms with E-state index in [4.69, 9.17) is 9.84 Å². The first-order valence-corrected chi connectivity index (χ1v) is 4.04. The van der Waals surface area contributed by atoms with Crippen molar-refractivity contribution in [2.24, 2.45) is 0 Å². The van der Waals surface area contributed by atoms with Gasteiger partial charge in [-0.1, -0.05) is 6.08 Å². The van der Waals surface area contributed by atoms with E-state index in [1.807, 2.05) is 12.2 Å². The largest absolute Gasteiger partial charge is 0.494 e. The lowest BCUT2D eigenvalue weighted by Gasteiger charge is -2.09. The lowest BCUT2D eigenvalue weighted by molar-refractivity contribution is 0.220. The molecular formula is C9H14O2. The van der Waals surface area contributed by atoms with Crippen LogP contribution in [0.4, 0.5) is 0 Å². The third-order valence-electron chi connectivity index (χ3n) is 1.54. The van der Waals surface area contributed by atoms with Gasteiger partial charge in [-0.05, 0) is 31.4 Å². The highest BCUT2D eigenvalue weighted by atomic mass is 16.5. The Morgan fingerprint density at radius 1 is 1.64 bits per heavy atom. The van der Waals surface area contributed by atoms with Crippen LogP contribution in [0.2, 0.25) is 0 Å². The standard InChI is InChI=1S/C9H14O2/c10-7-3-1-5-9-6-2-4-8-11-9/h2,5-6,10H,1,3-4,7-8H2/b9-5+. The van der Waals surface area contributed by atoms with Crippen LogP contribution in [0.5, 0.6) is 0 Å². The molecule has 62 valence electrons. The van der Waals surface area contributed by atoms with Crippen molar-refractivity contribution in [3.05, 3.63) is 24.0 Å². The molecule has 0 saturated carbocycles. The zero-order chi connectivity index (χ0) is 7.94. The van der Waals surface area contributed by atoms with Gasteiger partial charge >= 0.3 is 0 Å². The topological polar surface area (TPSA) is 29.5 Å². The zero-order valence-corrected chi connectivity index (χ0v) is 6.62. The first-order chi connectivity index (χ1) is 5.43. The summed E-state index contributed by atoms with van der Waals surface area (Å²) in [5, 5.41) is 8.51. The number of unbranched alkanes of at least 4 members (excludes halogenated alkanes) is 1. The van der Waals surface area contributed by atoms with Crippen LogP contribution in [0, 0.1) is 0 Å². The molecule has 1 aliphatic heterocycles. The van der Waals surface area contributed by atoms with Gasteiger partial charge in [-0.3, -0.25) is 0 Å². The van der Waals surface area contributed by atoms with E-state index in [0.717, 1.165) is 31.6 Å². The fraction of sp³-hybridized carbons (Fsp3) is 0.556. The molecule has 11 heavy (non-hydrogen) atoms. The number of hydrogen-bond donors (Lipinski definition) is 1. The molecule has 1 rings (SSSR count). The summed E-state index contributed by atoms with van der Waals surface area (Å²) < 4.78 is 5.32. The maximum atomic E-state index is 8.51. The van der Waals surface area contributed by atoms with Gasteiger partial charge in [-0.15, -0.1) is 0 Å². The molecule has 0 aliphatic carbocycles. The van der Waals surface area contributed by atoms with Crippen LogP contribution in [0.15, 0.2) is 24.0 Å².